The first kappa shape index (κ1) is 18.6. The second-order valence-corrected chi connectivity index (χ2v) is 8.21. The maximum atomic E-state index is 12.4. The lowest BCUT2D eigenvalue weighted by atomic mass is 9.99. The van der Waals surface area contributed by atoms with Gasteiger partial charge < -0.3 is 14.2 Å². The Hall–Kier alpha value is -1.14. The van der Waals surface area contributed by atoms with Crippen LogP contribution in [0.25, 0.3) is 0 Å². The van der Waals surface area contributed by atoms with Gasteiger partial charge in [-0.25, -0.2) is 4.79 Å². The van der Waals surface area contributed by atoms with Gasteiger partial charge in [-0.05, 0) is 24.3 Å². The number of ether oxygens (including phenoxy) is 3. The minimum absolute atomic E-state index is 0.0594. The molecule has 2 aliphatic rings. The number of quaternary nitrogens is 1. The van der Waals surface area contributed by atoms with Crippen molar-refractivity contribution in [1.29, 1.82) is 0 Å². The summed E-state index contributed by atoms with van der Waals surface area (Å²) in [6.07, 6.45) is 0.119. The molecule has 0 spiro atoms. The highest BCUT2D eigenvalue weighted by Crippen LogP contribution is 2.25. The van der Waals surface area contributed by atoms with Gasteiger partial charge in [-0.3, -0.25) is 4.90 Å². The second-order valence-electron chi connectivity index (χ2n) is 7.77. The van der Waals surface area contributed by atoms with E-state index in [2.05, 4.69) is 27.7 Å². The Balaban J connectivity index is 1.73. The van der Waals surface area contributed by atoms with Crippen LogP contribution >= 0.6 is 11.6 Å². The fourth-order valence-corrected chi connectivity index (χ4v) is 3.92. The van der Waals surface area contributed by atoms with Crippen LogP contribution in [0, 0.1) is 11.8 Å². The number of hydrogen-bond acceptors (Lipinski definition) is 4. The predicted octanol–water partition coefficient (Wildman–Crippen LogP) is 2.15. The number of nitrogens with one attached hydrogen (secondary N) is 1. The lowest BCUT2D eigenvalue weighted by molar-refractivity contribution is -0.995. The average molecular weight is 369 g/mol. The Morgan fingerprint density at radius 2 is 1.68 bits per heavy atom. The van der Waals surface area contributed by atoms with E-state index >= 15 is 0 Å². The molecule has 25 heavy (non-hydrogen) atoms. The van der Waals surface area contributed by atoms with Crippen molar-refractivity contribution >= 4 is 17.6 Å². The lowest BCUT2D eigenvalue weighted by Crippen LogP contribution is -3.24. The Morgan fingerprint density at radius 1 is 1.16 bits per heavy atom. The van der Waals surface area contributed by atoms with Crippen molar-refractivity contribution in [3.63, 3.8) is 0 Å². The number of fused-ring (bicyclic) bond motifs is 1. The van der Waals surface area contributed by atoms with Crippen LogP contribution in [0.15, 0.2) is 24.3 Å². The van der Waals surface area contributed by atoms with Gasteiger partial charge in [0.1, 0.15) is 13.2 Å². The zero-order chi connectivity index (χ0) is 18.2. The largest absolute Gasteiger partial charge is 0.455 e. The number of carbonyl (C=O) groups is 1. The second kappa shape index (κ2) is 7.23. The van der Waals surface area contributed by atoms with Gasteiger partial charge >= 0.3 is 5.97 Å². The molecule has 0 amide bonds. The van der Waals surface area contributed by atoms with Gasteiger partial charge in [0.05, 0.1) is 5.56 Å². The highest BCUT2D eigenvalue weighted by molar-refractivity contribution is 6.30. The van der Waals surface area contributed by atoms with E-state index in [1.165, 1.54) is 4.90 Å². The van der Waals surface area contributed by atoms with Crippen molar-refractivity contribution in [3.8, 4) is 0 Å². The topological polar surface area (TPSA) is 49.2 Å². The van der Waals surface area contributed by atoms with E-state index in [-0.39, 0.29) is 30.6 Å². The summed E-state index contributed by atoms with van der Waals surface area (Å²) in [6.45, 7) is 10.00. The number of carbonyl (C=O) groups excluding carboxylic acids is 1. The van der Waals surface area contributed by atoms with Gasteiger partial charge in [0, 0.05) is 16.9 Å². The number of hydrogen-bond donors (Lipinski definition) is 1. The highest BCUT2D eigenvalue weighted by atomic mass is 35.5. The molecule has 2 saturated heterocycles. The third-order valence-electron chi connectivity index (χ3n) is 5.07. The first-order valence-corrected chi connectivity index (χ1v) is 9.25. The van der Waals surface area contributed by atoms with E-state index in [0.717, 1.165) is 0 Å². The van der Waals surface area contributed by atoms with Gasteiger partial charge in [0.25, 0.3) is 0 Å². The lowest BCUT2D eigenvalue weighted by Gasteiger charge is -2.33. The third-order valence-corrected chi connectivity index (χ3v) is 5.33. The van der Waals surface area contributed by atoms with Crippen LogP contribution in [0.5, 0.6) is 0 Å². The van der Waals surface area contributed by atoms with Crippen LogP contribution in [0.2, 0.25) is 5.02 Å². The molecule has 0 bridgehead atoms. The molecule has 0 aromatic heterocycles. The van der Waals surface area contributed by atoms with Gasteiger partial charge in [-0.15, -0.1) is 0 Å². The zero-order valence-corrected chi connectivity index (χ0v) is 16.0. The summed E-state index contributed by atoms with van der Waals surface area (Å²) in [4.78, 5) is 13.6. The summed E-state index contributed by atoms with van der Waals surface area (Å²) < 4.78 is 17.8. The van der Waals surface area contributed by atoms with E-state index in [1.54, 1.807) is 24.3 Å². The van der Waals surface area contributed by atoms with Crippen LogP contribution in [0.4, 0.5) is 0 Å². The zero-order valence-electron chi connectivity index (χ0n) is 15.3. The van der Waals surface area contributed by atoms with Crippen molar-refractivity contribution in [2.75, 3.05) is 19.8 Å². The molecule has 0 aliphatic carbocycles. The maximum absolute atomic E-state index is 12.4. The molecule has 5 nitrogen and oxygen atoms in total. The highest BCUT2D eigenvalue weighted by Gasteiger charge is 2.62. The van der Waals surface area contributed by atoms with Gasteiger partial charge in [0.15, 0.2) is 24.6 Å². The van der Waals surface area contributed by atoms with E-state index in [9.17, 15) is 4.79 Å². The smallest absolute Gasteiger partial charge is 0.338 e. The van der Waals surface area contributed by atoms with Crippen LogP contribution in [-0.4, -0.2) is 43.8 Å². The number of rotatable bonds is 5. The standard InChI is InChI=1S/C19H26ClNO4/c1-12(2)16-21-17(13(3)4)24-10-19(21,9-23-16)11-25-18(22)14-5-7-15(20)8-6-14/h5-8,12-13,16-17H,9-11H2,1-4H3/p+1/t16-,17-/m1/s1. The van der Waals surface area contributed by atoms with Gasteiger partial charge in [0.2, 0.25) is 0 Å². The number of benzene rings is 1. The molecule has 2 atom stereocenters. The maximum Gasteiger partial charge on any atom is 0.338 e. The molecule has 1 aromatic rings. The van der Waals surface area contributed by atoms with Crippen molar-refractivity contribution in [3.05, 3.63) is 34.9 Å². The Kier molecular flexibility index (Phi) is 5.40. The molecule has 2 heterocycles. The number of esters is 1. The van der Waals surface area contributed by atoms with E-state index in [0.29, 0.717) is 35.6 Å². The monoisotopic (exact) mass is 368 g/mol. The van der Waals surface area contributed by atoms with Crippen molar-refractivity contribution in [2.45, 2.75) is 45.7 Å². The molecule has 2 fully saturated rings. The normalized spacial score (nSPS) is 31.6. The van der Waals surface area contributed by atoms with E-state index in [4.69, 9.17) is 25.8 Å². The summed E-state index contributed by atoms with van der Waals surface area (Å²) in [5.41, 5.74) is 0.174. The first-order valence-electron chi connectivity index (χ1n) is 8.87. The SMILES string of the molecule is CC(C)[C@H]1OCC2(COC(=O)c3ccc(Cl)cc3)CO[C@H](C(C)C)[NH+]12. The first-order chi connectivity index (χ1) is 11.8. The summed E-state index contributed by atoms with van der Waals surface area (Å²) in [5, 5.41) is 0.596. The number of halogens is 1. The minimum atomic E-state index is -0.341. The molecule has 3 rings (SSSR count). The van der Waals surface area contributed by atoms with Gasteiger partial charge in [-0.2, -0.15) is 0 Å². The van der Waals surface area contributed by atoms with Crippen molar-refractivity contribution < 1.29 is 23.9 Å². The summed E-state index contributed by atoms with van der Waals surface area (Å²) >= 11 is 5.87. The predicted molar refractivity (Wildman–Crippen MR) is 94.6 cm³/mol. The molecule has 0 radical (unpaired) electrons. The molecule has 2 aliphatic heterocycles. The molecule has 1 N–H and O–H groups in total. The molecule has 1 aromatic carbocycles. The summed E-state index contributed by atoms with van der Waals surface area (Å²) in [6, 6.07) is 6.73. The summed E-state index contributed by atoms with van der Waals surface area (Å²) in [5.74, 6) is 0.393. The van der Waals surface area contributed by atoms with E-state index < -0.39 is 0 Å². The molecule has 0 unspecified atom stereocenters. The quantitative estimate of drug-likeness (QED) is 0.809. The fourth-order valence-electron chi connectivity index (χ4n) is 3.79. The van der Waals surface area contributed by atoms with Crippen LogP contribution < -0.4 is 4.90 Å². The molecular weight excluding hydrogens is 342 g/mol. The third kappa shape index (κ3) is 3.56. The summed E-state index contributed by atoms with van der Waals surface area (Å²) in [7, 11) is 0. The molecule has 0 saturated carbocycles. The minimum Gasteiger partial charge on any atom is -0.455 e. The fraction of sp³-hybridized carbons (Fsp3) is 0.632. The molecule has 6 heteroatoms. The molecular formula is C19H27ClNO4+. The van der Waals surface area contributed by atoms with Crippen LogP contribution in [0.1, 0.15) is 38.1 Å². The Bertz CT molecular complexity index is 596. The van der Waals surface area contributed by atoms with Crippen molar-refractivity contribution in [2.24, 2.45) is 11.8 Å². The van der Waals surface area contributed by atoms with Crippen LogP contribution in [0.3, 0.4) is 0 Å². The van der Waals surface area contributed by atoms with Gasteiger partial charge in [-0.1, -0.05) is 39.3 Å². The van der Waals surface area contributed by atoms with Crippen LogP contribution in [-0.2, 0) is 14.2 Å². The Labute approximate surface area is 154 Å². The van der Waals surface area contributed by atoms with E-state index in [1.807, 2.05) is 0 Å². The van der Waals surface area contributed by atoms with Crippen molar-refractivity contribution in [1.82, 2.24) is 0 Å². The average Bonchev–Trinajstić information content (AvgIpc) is 3.10. The Morgan fingerprint density at radius 3 is 2.16 bits per heavy atom. The molecule has 138 valence electrons.